The number of amides is 3. The molecular formula is C41H43N9O8. The van der Waals surface area contributed by atoms with Crippen LogP contribution in [0, 0.1) is 5.92 Å². The van der Waals surface area contributed by atoms with E-state index < -0.39 is 17.4 Å². The number of imide groups is 1. The number of nitrogens with zero attached hydrogens (tertiary/aromatic N) is 7. The van der Waals surface area contributed by atoms with Crippen LogP contribution in [0.1, 0.15) is 70.5 Å². The molecule has 3 amide bonds. The number of aryl methyl sites for hydroxylation is 3. The Bertz CT molecular complexity index is 2560. The number of benzene rings is 2. The van der Waals surface area contributed by atoms with Gasteiger partial charge in [-0.25, -0.2) is 0 Å². The van der Waals surface area contributed by atoms with Crippen molar-refractivity contribution < 1.29 is 33.4 Å². The lowest BCUT2D eigenvalue weighted by Gasteiger charge is -2.53. The quantitative estimate of drug-likeness (QED) is 0.0894. The Balaban J connectivity index is 0.812. The molecular weight excluding hydrogens is 747 g/mol. The molecule has 2 aromatic carbocycles. The molecule has 17 heteroatoms. The zero-order valence-corrected chi connectivity index (χ0v) is 32.7. The highest BCUT2D eigenvalue weighted by Crippen LogP contribution is 2.51. The van der Waals surface area contributed by atoms with E-state index in [2.05, 4.69) is 26.0 Å². The minimum absolute atomic E-state index is 0.0812. The molecule has 3 aromatic heterocycles. The van der Waals surface area contributed by atoms with E-state index >= 15 is 0 Å². The first-order valence-electron chi connectivity index (χ1n) is 19.2. The highest BCUT2D eigenvalue weighted by atomic mass is 16.5. The van der Waals surface area contributed by atoms with Crippen molar-refractivity contribution >= 4 is 45.9 Å². The minimum atomic E-state index is -1.23. The van der Waals surface area contributed by atoms with Crippen LogP contribution in [0.5, 0.6) is 11.5 Å². The number of ether oxygens (including phenoxy) is 2. The molecule has 0 spiro atoms. The lowest BCUT2D eigenvalue weighted by Crippen LogP contribution is -2.68. The van der Waals surface area contributed by atoms with Crippen LogP contribution in [0.25, 0.3) is 22.0 Å². The van der Waals surface area contributed by atoms with Crippen LogP contribution < -0.4 is 25.7 Å². The number of rotatable bonds is 15. The van der Waals surface area contributed by atoms with Gasteiger partial charge in [-0.05, 0) is 61.9 Å². The Hall–Kier alpha value is -6.65. The smallest absolute Gasteiger partial charge is 0.276 e. The fraction of sp³-hybridized carbons (Fsp3) is 0.390. The third-order valence-electron chi connectivity index (χ3n) is 11.6. The van der Waals surface area contributed by atoms with Crippen molar-refractivity contribution in [1.29, 1.82) is 0 Å². The normalized spacial score (nSPS) is 18.4. The molecule has 4 aliphatic rings. The van der Waals surface area contributed by atoms with Gasteiger partial charge in [-0.1, -0.05) is 11.3 Å². The number of methoxy groups -OCH3 is 2. The van der Waals surface area contributed by atoms with Crippen molar-refractivity contribution in [3.8, 4) is 22.6 Å². The Labute approximate surface area is 332 Å². The van der Waals surface area contributed by atoms with Gasteiger partial charge in [0.2, 0.25) is 5.91 Å². The molecule has 0 atom stereocenters. The zero-order chi connectivity index (χ0) is 40.9. The van der Waals surface area contributed by atoms with Gasteiger partial charge in [-0.15, -0.1) is 5.10 Å². The summed E-state index contributed by atoms with van der Waals surface area (Å²) in [5.41, 5.74) is 3.08. The molecule has 0 saturated heterocycles. The first kappa shape index (κ1) is 38.2. The molecule has 9 rings (SSSR count). The van der Waals surface area contributed by atoms with Crippen molar-refractivity contribution in [2.45, 2.75) is 63.6 Å². The second kappa shape index (κ2) is 15.0. The third-order valence-corrected chi connectivity index (χ3v) is 11.6. The molecule has 4 heterocycles. The van der Waals surface area contributed by atoms with Gasteiger partial charge in [0.1, 0.15) is 34.0 Å². The number of carbonyl (C=O) groups is 5. The molecule has 300 valence electrons. The molecule has 58 heavy (non-hydrogen) atoms. The molecule has 0 unspecified atom stereocenters. The standard InChI is InChI=1S/C41H43N9O8/c1-47-22-29(28-20-44-48(2)37(28)40(47)56)23-14-32(57-3)26(33(15-23)58-4)8-6-11-35(53)42-12-7-13-49-21-25(45-46-49)19-43-30-10-5-9-27-36(30)39(55)50(38(27)54)41-17-24(18-41)31(51)16-34(41)52/h5,9-10,14-15,20-22,24,43H,6-8,11-13,16-19H2,1-4H3,(H,42,53). The van der Waals surface area contributed by atoms with Gasteiger partial charge < -0.3 is 24.7 Å². The van der Waals surface area contributed by atoms with E-state index in [-0.39, 0.29) is 65.9 Å². The van der Waals surface area contributed by atoms with Crippen molar-refractivity contribution in [3.05, 3.63) is 81.7 Å². The average molecular weight is 790 g/mol. The summed E-state index contributed by atoms with van der Waals surface area (Å²) in [7, 11) is 6.62. The maximum absolute atomic E-state index is 13.6. The topological polar surface area (TPSA) is 202 Å². The highest BCUT2D eigenvalue weighted by Gasteiger charge is 2.64. The van der Waals surface area contributed by atoms with Crippen LogP contribution in [-0.2, 0) is 48.0 Å². The summed E-state index contributed by atoms with van der Waals surface area (Å²) in [5, 5.41) is 19.6. The van der Waals surface area contributed by atoms with Gasteiger partial charge in [0, 0.05) is 67.9 Å². The summed E-state index contributed by atoms with van der Waals surface area (Å²) in [4.78, 5) is 78.6. The van der Waals surface area contributed by atoms with E-state index in [0.717, 1.165) is 27.0 Å². The van der Waals surface area contributed by atoms with E-state index in [1.54, 1.807) is 74.5 Å². The molecule has 5 aromatic rings. The molecule has 0 radical (unpaired) electrons. The number of pyridine rings is 1. The van der Waals surface area contributed by atoms with Gasteiger partial charge in [0.25, 0.3) is 17.4 Å². The SMILES string of the molecule is COc1cc(-c2cn(C)c(=O)c3c2cnn3C)cc(OC)c1CCCC(=O)NCCCn1cc(CNc2cccc3c2C(=O)N(C24CC(C2)C(=O)CC4=O)C3=O)nn1. The van der Waals surface area contributed by atoms with Crippen molar-refractivity contribution in [2.75, 3.05) is 26.1 Å². The Morgan fingerprint density at radius 2 is 1.72 bits per heavy atom. The number of aromatic nitrogens is 6. The molecule has 2 N–H and O–H groups in total. The number of carbonyl (C=O) groups excluding carboxylic acids is 5. The second-order valence-electron chi connectivity index (χ2n) is 15.1. The van der Waals surface area contributed by atoms with Crippen LogP contribution in [0.4, 0.5) is 5.69 Å². The van der Waals surface area contributed by atoms with Crippen molar-refractivity contribution in [1.82, 2.24) is 39.6 Å². The number of nitrogens with one attached hydrogen (secondary N) is 2. The fourth-order valence-corrected chi connectivity index (χ4v) is 8.50. The Morgan fingerprint density at radius 3 is 2.45 bits per heavy atom. The predicted octanol–water partition coefficient (Wildman–Crippen LogP) is 2.98. The number of anilines is 1. The van der Waals surface area contributed by atoms with Gasteiger partial charge in [0.15, 0.2) is 5.78 Å². The molecule has 2 bridgehead atoms. The lowest BCUT2D eigenvalue weighted by molar-refractivity contribution is -0.153. The maximum atomic E-state index is 13.6. The molecule has 3 fully saturated rings. The van der Waals surface area contributed by atoms with Gasteiger partial charge >= 0.3 is 0 Å². The second-order valence-corrected chi connectivity index (χ2v) is 15.1. The van der Waals surface area contributed by atoms with E-state index in [1.165, 1.54) is 4.57 Å². The predicted molar refractivity (Wildman–Crippen MR) is 209 cm³/mol. The monoisotopic (exact) mass is 789 g/mol. The third kappa shape index (κ3) is 6.49. The van der Waals surface area contributed by atoms with E-state index in [4.69, 9.17) is 9.47 Å². The van der Waals surface area contributed by atoms with Crippen LogP contribution in [0.15, 0.2) is 53.7 Å². The van der Waals surface area contributed by atoms with Crippen LogP contribution in [0.3, 0.4) is 0 Å². The first-order valence-corrected chi connectivity index (χ1v) is 19.2. The van der Waals surface area contributed by atoms with E-state index in [9.17, 15) is 28.8 Å². The van der Waals surface area contributed by atoms with Crippen LogP contribution in [-0.4, -0.2) is 89.8 Å². The number of fused-ring (bicyclic) bond motifs is 4. The number of Topliss-reactive ketones (excluding diaryl/α,β-unsaturated/α-hetero) is 2. The van der Waals surface area contributed by atoms with Gasteiger partial charge in [-0.3, -0.25) is 43.0 Å². The summed E-state index contributed by atoms with van der Waals surface area (Å²) >= 11 is 0. The summed E-state index contributed by atoms with van der Waals surface area (Å²) in [6, 6.07) is 8.78. The van der Waals surface area contributed by atoms with Gasteiger partial charge in [0.05, 0.1) is 50.7 Å². The molecule has 1 aliphatic heterocycles. The zero-order valence-electron chi connectivity index (χ0n) is 32.7. The Kier molecular flexibility index (Phi) is 9.90. The summed E-state index contributed by atoms with van der Waals surface area (Å²) in [6.07, 6.45) is 7.41. The average Bonchev–Trinajstić information content (AvgIpc) is 3.89. The summed E-state index contributed by atoms with van der Waals surface area (Å²) in [6.45, 7) is 1.18. The summed E-state index contributed by atoms with van der Waals surface area (Å²) in [5.74, 6) is -0.655. The number of hydrogen-bond donors (Lipinski definition) is 2. The van der Waals surface area contributed by atoms with Gasteiger partial charge in [-0.2, -0.15) is 5.10 Å². The molecule has 17 nitrogen and oxygen atoms in total. The highest BCUT2D eigenvalue weighted by molar-refractivity contribution is 6.27. The largest absolute Gasteiger partial charge is 0.496 e. The van der Waals surface area contributed by atoms with Crippen LogP contribution in [0.2, 0.25) is 0 Å². The molecule has 3 saturated carbocycles. The number of hydrogen-bond acceptors (Lipinski definition) is 12. The fourth-order valence-electron chi connectivity index (χ4n) is 8.50. The number of ketones is 2. The van der Waals surface area contributed by atoms with Crippen LogP contribution >= 0.6 is 0 Å². The maximum Gasteiger partial charge on any atom is 0.276 e. The minimum Gasteiger partial charge on any atom is -0.496 e. The lowest BCUT2D eigenvalue weighted by atomic mass is 9.57. The summed E-state index contributed by atoms with van der Waals surface area (Å²) < 4.78 is 16.3. The molecule has 3 aliphatic carbocycles. The van der Waals surface area contributed by atoms with Crippen molar-refractivity contribution in [2.24, 2.45) is 20.0 Å². The Morgan fingerprint density at radius 1 is 0.966 bits per heavy atom. The van der Waals surface area contributed by atoms with Crippen molar-refractivity contribution in [3.63, 3.8) is 0 Å². The van der Waals surface area contributed by atoms with E-state index in [1.807, 2.05) is 12.1 Å². The first-order chi connectivity index (χ1) is 27.9. The van der Waals surface area contributed by atoms with E-state index in [0.29, 0.717) is 67.2 Å².